The van der Waals surface area contributed by atoms with E-state index in [9.17, 15) is 9.18 Å². The summed E-state index contributed by atoms with van der Waals surface area (Å²) < 4.78 is 25.1. The molecule has 2 unspecified atom stereocenters. The molecule has 0 bridgehead atoms. The van der Waals surface area contributed by atoms with Crippen molar-refractivity contribution >= 4 is 17.7 Å². The van der Waals surface area contributed by atoms with Crippen LogP contribution in [0.5, 0.6) is 0 Å². The number of ether oxygens (including phenoxy) is 2. The number of carbonyl (C=O) groups excluding carboxylic acids is 1. The Morgan fingerprint density at radius 3 is 2.56 bits per heavy atom. The second-order valence-electron chi connectivity index (χ2n) is 6.44. The van der Waals surface area contributed by atoms with Crippen molar-refractivity contribution in [3.05, 3.63) is 60.8 Å². The number of anilines is 1. The van der Waals surface area contributed by atoms with Crippen LogP contribution >= 0.6 is 0 Å². The molecule has 0 spiro atoms. The number of aliphatic hydroxyl groups is 1. The number of aliphatic imine (C=N–C) groups is 1. The predicted octanol–water partition coefficient (Wildman–Crippen LogP) is 2.79. The Morgan fingerprint density at radius 2 is 1.96 bits per heavy atom. The van der Waals surface area contributed by atoms with E-state index in [0.717, 1.165) is 5.56 Å². The first kappa shape index (κ1) is 17.5. The van der Waals surface area contributed by atoms with Gasteiger partial charge >= 0.3 is 6.09 Å². The van der Waals surface area contributed by atoms with Crippen molar-refractivity contribution in [2.45, 2.75) is 12.1 Å². The van der Waals surface area contributed by atoms with Crippen LogP contribution < -0.4 is 4.90 Å². The summed E-state index contributed by atoms with van der Waals surface area (Å²) in [6, 6.07) is 11.6. The number of halogens is 1. The number of nitrogens with zero attached hydrogens (tertiary/aromatic N) is 2. The molecule has 7 heteroatoms. The molecule has 0 aromatic heterocycles. The Labute approximate surface area is 155 Å². The van der Waals surface area contributed by atoms with E-state index in [1.165, 1.54) is 11.0 Å². The summed E-state index contributed by atoms with van der Waals surface area (Å²) in [5.74, 6) is 0.0436. The molecule has 6 nitrogen and oxygen atoms in total. The zero-order chi connectivity index (χ0) is 19.0. The third kappa shape index (κ3) is 3.38. The maximum atomic E-state index is 14.6. The van der Waals surface area contributed by atoms with Crippen LogP contribution in [0.2, 0.25) is 0 Å². The normalized spacial score (nSPS) is 21.8. The van der Waals surface area contributed by atoms with Gasteiger partial charge in [0.05, 0.1) is 18.8 Å². The molecule has 1 fully saturated rings. The summed E-state index contributed by atoms with van der Waals surface area (Å²) >= 11 is 0. The topological polar surface area (TPSA) is 71.4 Å². The Hall–Kier alpha value is -2.93. The molecule has 2 aliphatic rings. The molecule has 2 aromatic rings. The smallest absolute Gasteiger partial charge is 0.414 e. The molecular weight excluding hydrogens is 351 g/mol. The van der Waals surface area contributed by atoms with Crippen molar-refractivity contribution < 1.29 is 23.8 Å². The third-order valence-electron chi connectivity index (χ3n) is 4.50. The summed E-state index contributed by atoms with van der Waals surface area (Å²) in [5, 5.41) is 9.12. The fraction of sp³-hybridized carbons (Fsp3) is 0.250. The summed E-state index contributed by atoms with van der Waals surface area (Å²) in [7, 11) is 0. The number of hydrogen-bond donors (Lipinski definition) is 1. The number of carbonyl (C=O) groups is 1. The molecule has 1 radical (unpaired) electrons. The molecule has 1 N–H and O–H groups in total. The molecule has 4 rings (SSSR count). The standard InChI is InChI=1S/C20H18FN2O4/c1-12-9-23(20(25)27-12)16-6-7-17(18(21)8-16)13-2-4-14(5-3-13)19-22-15(10-24)11-26-19/h2-8,12,15,24H,1,9-11H2. The van der Waals surface area contributed by atoms with Gasteiger partial charge in [-0.3, -0.25) is 4.90 Å². The van der Waals surface area contributed by atoms with E-state index >= 15 is 0 Å². The molecule has 2 aromatic carbocycles. The summed E-state index contributed by atoms with van der Waals surface area (Å²) in [6.45, 7) is 4.29. The molecule has 1 amide bonds. The highest BCUT2D eigenvalue weighted by Gasteiger charge is 2.30. The van der Waals surface area contributed by atoms with E-state index in [1.807, 2.05) is 0 Å². The van der Waals surface area contributed by atoms with E-state index in [1.54, 1.807) is 36.4 Å². The predicted molar refractivity (Wildman–Crippen MR) is 98.2 cm³/mol. The van der Waals surface area contributed by atoms with Crippen LogP contribution in [0.3, 0.4) is 0 Å². The van der Waals surface area contributed by atoms with Gasteiger partial charge in [0.15, 0.2) is 0 Å². The van der Waals surface area contributed by atoms with Gasteiger partial charge in [-0.05, 0) is 42.8 Å². The number of cyclic esters (lactones) is 1. The first-order valence-electron chi connectivity index (χ1n) is 8.58. The van der Waals surface area contributed by atoms with Gasteiger partial charge in [-0.2, -0.15) is 0 Å². The molecule has 2 heterocycles. The van der Waals surface area contributed by atoms with Gasteiger partial charge in [0.1, 0.15) is 24.6 Å². The maximum absolute atomic E-state index is 14.6. The Kier molecular flexibility index (Phi) is 4.53. The monoisotopic (exact) mass is 369 g/mol. The molecule has 1 saturated heterocycles. The largest absolute Gasteiger partial charge is 0.475 e. The van der Waals surface area contributed by atoms with Gasteiger partial charge < -0.3 is 14.6 Å². The second-order valence-corrected chi connectivity index (χ2v) is 6.44. The van der Waals surface area contributed by atoms with Crippen LogP contribution in [-0.2, 0) is 9.47 Å². The number of aliphatic hydroxyl groups excluding tert-OH is 1. The highest BCUT2D eigenvalue weighted by atomic mass is 19.1. The van der Waals surface area contributed by atoms with E-state index < -0.39 is 18.0 Å². The van der Waals surface area contributed by atoms with Crippen molar-refractivity contribution in [1.29, 1.82) is 0 Å². The molecule has 27 heavy (non-hydrogen) atoms. The van der Waals surface area contributed by atoms with Crippen molar-refractivity contribution in [1.82, 2.24) is 0 Å². The molecule has 139 valence electrons. The molecular formula is C20H18FN2O4. The Morgan fingerprint density at radius 1 is 1.22 bits per heavy atom. The van der Waals surface area contributed by atoms with Gasteiger partial charge in [0.2, 0.25) is 5.90 Å². The average Bonchev–Trinajstić information content (AvgIpc) is 3.28. The Bertz CT molecular complexity index is 897. The Balaban J connectivity index is 1.56. The van der Waals surface area contributed by atoms with Gasteiger partial charge in [-0.25, -0.2) is 14.2 Å². The van der Waals surface area contributed by atoms with Crippen molar-refractivity contribution in [3.8, 4) is 11.1 Å². The molecule has 0 aliphatic carbocycles. The maximum Gasteiger partial charge on any atom is 0.414 e. The van der Waals surface area contributed by atoms with Crippen molar-refractivity contribution in [2.75, 3.05) is 24.7 Å². The van der Waals surface area contributed by atoms with E-state index in [0.29, 0.717) is 35.9 Å². The van der Waals surface area contributed by atoms with Crippen LogP contribution in [0.1, 0.15) is 5.56 Å². The van der Waals surface area contributed by atoms with E-state index in [2.05, 4.69) is 11.9 Å². The van der Waals surface area contributed by atoms with Crippen LogP contribution in [0.15, 0.2) is 47.5 Å². The minimum Gasteiger partial charge on any atom is -0.475 e. The van der Waals surface area contributed by atoms with Gasteiger partial charge in [0.25, 0.3) is 0 Å². The zero-order valence-corrected chi connectivity index (χ0v) is 14.5. The van der Waals surface area contributed by atoms with Crippen molar-refractivity contribution in [3.63, 3.8) is 0 Å². The highest BCUT2D eigenvalue weighted by Crippen LogP contribution is 2.29. The van der Waals surface area contributed by atoms with Gasteiger partial charge in [-0.1, -0.05) is 12.1 Å². The lowest BCUT2D eigenvalue weighted by Gasteiger charge is -2.14. The van der Waals surface area contributed by atoms with E-state index in [-0.39, 0.29) is 12.6 Å². The minimum absolute atomic E-state index is 0.0570. The highest BCUT2D eigenvalue weighted by molar-refractivity contribution is 5.95. The number of amides is 1. The number of benzene rings is 2. The van der Waals surface area contributed by atoms with Gasteiger partial charge in [-0.15, -0.1) is 0 Å². The molecule has 2 aliphatic heterocycles. The quantitative estimate of drug-likeness (QED) is 0.900. The first-order chi connectivity index (χ1) is 13.0. The lowest BCUT2D eigenvalue weighted by atomic mass is 10.0. The van der Waals surface area contributed by atoms with Crippen LogP contribution in [0, 0.1) is 12.7 Å². The number of hydrogen-bond acceptors (Lipinski definition) is 5. The number of rotatable bonds is 4. The summed E-state index contributed by atoms with van der Waals surface area (Å²) in [5.41, 5.74) is 2.33. The first-order valence-corrected chi connectivity index (χ1v) is 8.58. The summed E-state index contributed by atoms with van der Waals surface area (Å²) in [6.07, 6.45) is -0.982. The lowest BCUT2D eigenvalue weighted by Crippen LogP contribution is -2.24. The second kappa shape index (κ2) is 7.00. The van der Waals surface area contributed by atoms with E-state index in [4.69, 9.17) is 14.6 Å². The fourth-order valence-electron chi connectivity index (χ4n) is 3.10. The lowest BCUT2D eigenvalue weighted by molar-refractivity contribution is 0.159. The third-order valence-corrected chi connectivity index (χ3v) is 4.50. The average molecular weight is 369 g/mol. The van der Waals surface area contributed by atoms with Gasteiger partial charge in [0, 0.05) is 11.1 Å². The molecule has 2 atom stereocenters. The fourth-order valence-corrected chi connectivity index (χ4v) is 3.10. The molecule has 0 saturated carbocycles. The minimum atomic E-state index is -0.523. The zero-order valence-electron chi connectivity index (χ0n) is 14.5. The SMILES string of the molecule is [CH2]C1CN(c2ccc(-c3ccc(C4=NC(CO)CO4)cc3)c(F)c2)C(=O)O1. The van der Waals surface area contributed by atoms with Crippen LogP contribution in [-0.4, -0.2) is 49.0 Å². The summed E-state index contributed by atoms with van der Waals surface area (Å²) in [4.78, 5) is 17.4. The van der Waals surface area contributed by atoms with Crippen LogP contribution in [0.4, 0.5) is 14.9 Å². The van der Waals surface area contributed by atoms with Crippen molar-refractivity contribution in [2.24, 2.45) is 4.99 Å². The van der Waals surface area contributed by atoms with Crippen LogP contribution in [0.25, 0.3) is 11.1 Å².